The summed E-state index contributed by atoms with van der Waals surface area (Å²) in [6.07, 6.45) is -13.1. The largest absolute Gasteiger partial charge is 0.388 e. The van der Waals surface area contributed by atoms with E-state index in [1.165, 1.54) is 0 Å². The van der Waals surface area contributed by atoms with E-state index >= 15 is 0 Å². The van der Waals surface area contributed by atoms with Gasteiger partial charge in [-0.05, 0) is 0 Å². The Labute approximate surface area is 119 Å². The fourth-order valence-electron chi connectivity index (χ4n) is 2.18. The van der Waals surface area contributed by atoms with E-state index in [0.29, 0.717) is 0 Å². The molecule has 2 rings (SSSR count). The lowest BCUT2D eigenvalue weighted by molar-refractivity contribution is -0.312. The molecule has 2 heterocycles. The lowest BCUT2D eigenvalue weighted by Crippen LogP contribution is -2.59. The van der Waals surface area contributed by atoms with Gasteiger partial charge in [-0.3, -0.25) is 0 Å². The SMILES string of the molecule is O[C@@H]1[C@@H](O)[C@H](O)O[C@H](CO[C@H]2OC[C@H](O)[C@@H](O)[C@@H]2O)[C@H]1O. The van der Waals surface area contributed by atoms with Gasteiger partial charge in [-0.1, -0.05) is 0 Å². The molecule has 0 saturated carbocycles. The maximum Gasteiger partial charge on any atom is 0.186 e. The number of ether oxygens (including phenoxy) is 3. The highest BCUT2D eigenvalue weighted by Gasteiger charge is 2.44. The lowest BCUT2D eigenvalue weighted by Gasteiger charge is -2.40. The zero-order valence-electron chi connectivity index (χ0n) is 11.0. The molecule has 0 radical (unpaired) electrons. The number of aliphatic hydroxyl groups excluding tert-OH is 7. The average molecular weight is 312 g/mol. The van der Waals surface area contributed by atoms with E-state index in [1.807, 2.05) is 0 Å². The average Bonchev–Trinajstić information content (AvgIpc) is 2.46. The maximum absolute atomic E-state index is 9.70. The van der Waals surface area contributed by atoms with E-state index < -0.39 is 55.3 Å². The van der Waals surface area contributed by atoms with Crippen LogP contribution in [0, 0.1) is 0 Å². The molecule has 0 aromatic heterocycles. The molecular weight excluding hydrogens is 292 g/mol. The van der Waals surface area contributed by atoms with E-state index in [1.54, 1.807) is 0 Å². The third-order valence-corrected chi connectivity index (χ3v) is 3.57. The molecule has 10 heteroatoms. The Kier molecular flexibility index (Phi) is 5.48. The topological polar surface area (TPSA) is 169 Å². The van der Waals surface area contributed by atoms with Crippen molar-refractivity contribution in [1.29, 1.82) is 0 Å². The highest BCUT2D eigenvalue weighted by atomic mass is 16.7. The van der Waals surface area contributed by atoms with Crippen molar-refractivity contribution in [2.45, 2.75) is 55.3 Å². The molecule has 2 fully saturated rings. The second-order valence-corrected chi connectivity index (χ2v) is 5.12. The molecule has 7 N–H and O–H groups in total. The van der Waals surface area contributed by atoms with E-state index in [0.717, 1.165) is 0 Å². The van der Waals surface area contributed by atoms with E-state index in [-0.39, 0.29) is 13.2 Å². The molecule has 0 amide bonds. The lowest BCUT2D eigenvalue weighted by atomic mass is 9.99. The molecule has 124 valence electrons. The third-order valence-electron chi connectivity index (χ3n) is 3.57. The highest BCUT2D eigenvalue weighted by Crippen LogP contribution is 2.22. The van der Waals surface area contributed by atoms with Gasteiger partial charge in [0.05, 0.1) is 13.2 Å². The van der Waals surface area contributed by atoms with E-state index in [9.17, 15) is 35.7 Å². The molecule has 10 nitrogen and oxygen atoms in total. The first kappa shape index (κ1) is 17.0. The smallest absolute Gasteiger partial charge is 0.186 e. The van der Waals surface area contributed by atoms with Crippen LogP contribution in [0.3, 0.4) is 0 Å². The second kappa shape index (κ2) is 6.79. The van der Waals surface area contributed by atoms with Gasteiger partial charge in [0.15, 0.2) is 12.6 Å². The van der Waals surface area contributed by atoms with Crippen molar-refractivity contribution < 1.29 is 50.0 Å². The van der Waals surface area contributed by atoms with Crippen molar-refractivity contribution >= 4 is 0 Å². The number of aliphatic hydroxyl groups is 7. The molecule has 0 unspecified atom stereocenters. The highest BCUT2D eigenvalue weighted by molar-refractivity contribution is 4.89. The van der Waals surface area contributed by atoms with Gasteiger partial charge >= 0.3 is 0 Å². The Balaban J connectivity index is 1.88. The minimum atomic E-state index is -1.69. The summed E-state index contributed by atoms with van der Waals surface area (Å²) >= 11 is 0. The Morgan fingerprint density at radius 2 is 1.48 bits per heavy atom. The Morgan fingerprint density at radius 3 is 2.14 bits per heavy atom. The van der Waals surface area contributed by atoms with E-state index in [4.69, 9.17) is 14.2 Å². The van der Waals surface area contributed by atoms with Gasteiger partial charge in [0.1, 0.15) is 42.7 Å². The molecule has 0 aromatic carbocycles. The molecule has 0 bridgehead atoms. The molecule has 0 aromatic rings. The fourth-order valence-corrected chi connectivity index (χ4v) is 2.18. The number of rotatable bonds is 3. The van der Waals surface area contributed by atoms with Crippen LogP contribution in [-0.4, -0.2) is 104 Å². The van der Waals surface area contributed by atoms with Gasteiger partial charge in [0, 0.05) is 0 Å². The van der Waals surface area contributed by atoms with Crippen molar-refractivity contribution in [2.75, 3.05) is 13.2 Å². The second-order valence-electron chi connectivity index (χ2n) is 5.12. The molecular formula is C11H20O10. The van der Waals surface area contributed by atoms with Crippen molar-refractivity contribution in [1.82, 2.24) is 0 Å². The first-order valence-corrected chi connectivity index (χ1v) is 6.48. The quantitative estimate of drug-likeness (QED) is 0.268. The minimum absolute atomic E-state index is 0.249. The molecule has 0 aliphatic carbocycles. The van der Waals surface area contributed by atoms with Crippen molar-refractivity contribution in [3.8, 4) is 0 Å². The summed E-state index contributed by atoms with van der Waals surface area (Å²) < 4.78 is 15.0. The van der Waals surface area contributed by atoms with Crippen LogP contribution in [0.5, 0.6) is 0 Å². The summed E-state index contributed by atoms with van der Waals surface area (Å²) in [5.41, 5.74) is 0. The molecule has 21 heavy (non-hydrogen) atoms. The maximum atomic E-state index is 9.70. The summed E-state index contributed by atoms with van der Waals surface area (Å²) in [5, 5.41) is 66.2. The summed E-state index contributed by atoms with van der Waals surface area (Å²) in [6.45, 7) is -0.631. The fraction of sp³-hybridized carbons (Fsp3) is 1.00. The predicted molar refractivity (Wildman–Crippen MR) is 62.6 cm³/mol. The Morgan fingerprint density at radius 1 is 0.810 bits per heavy atom. The summed E-state index contributed by atoms with van der Waals surface area (Å²) in [4.78, 5) is 0. The molecule has 2 aliphatic rings. The van der Waals surface area contributed by atoms with Crippen LogP contribution in [0.2, 0.25) is 0 Å². The van der Waals surface area contributed by atoms with Gasteiger partial charge in [0.2, 0.25) is 0 Å². The van der Waals surface area contributed by atoms with Gasteiger partial charge in [-0.2, -0.15) is 0 Å². The zero-order valence-corrected chi connectivity index (χ0v) is 11.0. The van der Waals surface area contributed by atoms with Crippen LogP contribution in [0.15, 0.2) is 0 Å². The predicted octanol–water partition coefficient (Wildman–Crippen LogP) is -4.76. The van der Waals surface area contributed by atoms with Gasteiger partial charge < -0.3 is 50.0 Å². The van der Waals surface area contributed by atoms with Crippen molar-refractivity contribution in [3.05, 3.63) is 0 Å². The van der Waals surface area contributed by atoms with Gasteiger partial charge in [0.25, 0.3) is 0 Å². The third kappa shape index (κ3) is 3.51. The number of hydrogen-bond donors (Lipinski definition) is 7. The van der Waals surface area contributed by atoms with Crippen molar-refractivity contribution in [3.63, 3.8) is 0 Å². The van der Waals surface area contributed by atoms with Crippen LogP contribution in [0.25, 0.3) is 0 Å². The van der Waals surface area contributed by atoms with Crippen LogP contribution in [0.1, 0.15) is 0 Å². The molecule has 9 atom stereocenters. The summed E-state index contributed by atoms with van der Waals surface area (Å²) in [6, 6.07) is 0. The molecule has 0 spiro atoms. The first-order chi connectivity index (χ1) is 9.82. The van der Waals surface area contributed by atoms with Crippen LogP contribution < -0.4 is 0 Å². The van der Waals surface area contributed by atoms with Crippen LogP contribution in [0.4, 0.5) is 0 Å². The Bertz CT molecular complexity index is 341. The molecule has 2 saturated heterocycles. The van der Waals surface area contributed by atoms with Gasteiger partial charge in [-0.15, -0.1) is 0 Å². The standard InChI is InChI=1S/C11H20O10/c12-3-1-19-11(9(17)5(3)13)20-2-4-6(14)7(15)8(16)10(18)21-4/h3-18H,1-2H2/t3-,4+,5+,6+,7-,8+,9-,10+,11+/m0/s1. The zero-order chi connectivity index (χ0) is 15.7. The molecule has 2 aliphatic heterocycles. The summed E-state index contributed by atoms with van der Waals surface area (Å²) in [5.74, 6) is 0. The minimum Gasteiger partial charge on any atom is -0.388 e. The van der Waals surface area contributed by atoms with E-state index in [2.05, 4.69) is 0 Å². The monoisotopic (exact) mass is 312 g/mol. The van der Waals surface area contributed by atoms with Crippen LogP contribution >= 0.6 is 0 Å². The van der Waals surface area contributed by atoms with Crippen LogP contribution in [-0.2, 0) is 14.2 Å². The normalized spacial score (nSPS) is 51.9. The summed E-state index contributed by atoms with van der Waals surface area (Å²) in [7, 11) is 0. The van der Waals surface area contributed by atoms with Crippen molar-refractivity contribution in [2.24, 2.45) is 0 Å². The van der Waals surface area contributed by atoms with Gasteiger partial charge in [-0.25, -0.2) is 0 Å². The Hall–Kier alpha value is -0.400. The first-order valence-electron chi connectivity index (χ1n) is 6.48. The number of hydrogen-bond acceptors (Lipinski definition) is 10.